The molecule has 3 heteroatoms. The number of rotatable bonds is 2. The molecule has 0 aromatic rings. The molecule has 3 nitrogen and oxygen atoms in total. The van der Waals surface area contributed by atoms with Gasteiger partial charge in [-0.25, -0.2) is 5.32 Å². The molecule has 1 atom stereocenters. The highest BCUT2D eigenvalue weighted by atomic mass is 16.5. The number of ether oxygens (including phenoxy) is 1. The van der Waals surface area contributed by atoms with Gasteiger partial charge >= 0.3 is 0 Å². The summed E-state index contributed by atoms with van der Waals surface area (Å²) in [5.74, 6) is 0. The van der Waals surface area contributed by atoms with Gasteiger partial charge in [-0.05, 0) is 6.54 Å². The molecule has 0 amide bonds. The Hall–Kier alpha value is -0.120. The molecule has 1 unspecified atom stereocenters. The number of nitrogens with one attached hydrogen (secondary N) is 1. The van der Waals surface area contributed by atoms with Crippen LogP contribution in [0, 0.1) is 0 Å². The monoisotopic (exact) mass is 129 g/mol. The fraction of sp³-hybridized carbons (Fsp3) is 1.00. The summed E-state index contributed by atoms with van der Waals surface area (Å²) < 4.78 is 5.11. The van der Waals surface area contributed by atoms with Crippen molar-refractivity contribution in [2.45, 2.75) is 13.0 Å². The molecule has 1 aliphatic rings. The van der Waals surface area contributed by atoms with Gasteiger partial charge in [-0.15, -0.1) is 0 Å². The average molecular weight is 129 g/mol. The van der Waals surface area contributed by atoms with Crippen LogP contribution >= 0.6 is 0 Å². The van der Waals surface area contributed by atoms with Crippen molar-refractivity contribution in [2.24, 2.45) is 0 Å². The molecular weight excluding hydrogens is 116 g/mol. The van der Waals surface area contributed by atoms with E-state index in [9.17, 15) is 0 Å². The van der Waals surface area contributed by atoms with E-state index in [0.29, 0.717) is 12.8 Å². The van der Waals surface area contributed by atoms with E-state index in [1.165, 1.54) is 0 Å². The Morgan fingerprint density at radius 3 is 3.22 bits per heavy atom. The fourth-order valence-corrected chi connectivity index (χ4v) is 0.933. The lowest BCUT2D eigenvalue weighted by Crippen LogP contribution is -2.44. The number of nitrogens with zero attached hydrogens (tertiary/aromatic N) is 1. The molecule has 0 bridgehead atoms. The highest BCUT2D eigenvalue weighted by molar-refractivity contribution is 4.69. The van der Waals surface area contributed by atoms with Gasteiger partial charge in [-0.1, -0.05) is 6.92 Å². The van der Waals surface area contributed by atoms with Crippen molar-refractivity contribution in [3.05, 3.63) is 0 Å². The highest BCUT2D eigenvalue weighted by Gasteiger charge is 2.11. The van der Waals surface area contributed by atoms with E-state index in [1.807, 2.05) is 0 Å². The van der Waals surface area contributed by atoms with Gasteiger partial charge in [0, 0.05) is 12.6 Å². The molecule has 0 aromatic carbocycles. The first kappa shape index (κ1) is 6.99. The Balaban J connectivity index is 2.08. The summed E-state index contributed by atoms with van der Waals surface area (Å²) in [4.78, 5) is 0. The summed E-state index contributed by atoms with van der Waals surface area (Å²) in [5, 5.41) is 7.36. The molecule has 0 saturated carbocycles. The van der Waals surface area contributed by atoms with Gasteiger partial charge in [0.25, 0.3) is 0 Å². The third-order valence-corrected chi connectivity index (χ3v) is 1.34. The zero-order valence-electron chi connectivity index (χ0n) is 5.76. The molecule has 0 spiro atoms. The highest BCUT2D eigenvalue weighted by Crippen LogP contribution is 1.90. The van der Waals surface area contributed by atoms with Crippen molar-refractivity contribution in [3.8, 4) is 0 Å². The Kier molecular flexibility index (Phi) is 2.97. The predicted octanol–water partition coefficient (Wildman–Crippen LogP) is -0.443. The molecule has 1 N–H and O–H groups in total. The van der Waals surface area contributed by atoms with Crippen LogP contribution in [0.3, 0.4) is 0 Å². The number of hydrogen-bond donors (Lipinski definition) is 1. The van der Waals surface area contributed by atoms with Crippen molar-refractivity contribution >= 4 is 0 Å². The Morgan fingerprint density at radius 2 is 2.67 bits per heavy atom. The van der Waals surface area contributed by atoms with E-state index < -0.39 is 0 Å². The minimum Gasteiger partial charge on any atom is -0.363 e. The lowest BCUT2D eigenvalue weighted by atomic mass is 10.3. The number of hydrogen-bond acceptors (Lipinski definition) is 2. The van der Waals surface area contributed by atoms with Gasteiger partial charge in [-0.3, -0.25) is 0 Å². The maximum Gasteiger partial charge on any atom is 0.112 e. The molecule has 1 radical (unpaired) electrons. The minimum atomic E-state index is 0.462. The van der Waals surface area contributed by atoms with Crippen LogP contribution in [0.2, 0.25) is 0 Å². The zero-order valence-corrected chi connectivity index (χ0v) is 5.76. The van der Waals surface area contributed by atoms with Crippen molar-refractivity contribution in [1.82, 2.24) is 10.6 Å². The molecule has 0 aliphatic carbocycles. The fourth-order valence-electron chi connectivity index (χ4n) is 0.933. The van der Waals surface area contributed by atoms with E-state index in [-0.39, 0.29) is 0 Å². The van der Waals surface area contributed by atoms with Gasteiger partial charge in [0.05, 0.1) is 6.61 Å². The van der Waals surface area contributed by atoms with Gasteiger partial charge in [0.2, 0.25) is 0 Å². The van der Waals surface area contributed by atoms with E-state index in [2.05, 4.69) is 17.6 Å². The average Bonchev–Trinajstić information content (AvgIpc) is 1.91. The molecule has 1 heterocycles. The van der Waals surface area contributed by atoms with Gasteiger partial charge in [0.15, 0.2) is 0 Å². The lowest BCUT2D eigenvalue weighted by Gasteiger charge is -2.21. The molecule has 1 saturated heterocycles. The Labute approximate surface area is 55.8 Å². The largest absolute Gasteiger partial charge is 0.363 e. The Morgan fingerprint density at radius 1 is 1.78 bits per heavy atom. The minimum absolute atomic E-state index is 0.462. The first-order valence-electron chi connectivity index (χ1n) is 3.38. The summed E-state index contributed by atoms with van der Waals surface area (Å²) in [6, 6.07) is 0.462. The van der Waals surface area contributed by atoms with Crippen LogP contribution < -0.4 is 10.6 Å². The van der Waals surface area contributed by atoms with Crippen molar-refractivity contribution in [1.29, 1.82) is 0 Å². The van der Waals surface area contributed by atoms with E-state index in [4.69, 9.17) is 4.74 Å². The van der Waals surface area contributed by atoms with E-state index >= 15 is 0 Å². The third-order valence-electron chi connectivity index (χ3n) is 1.34. The van der Waals surface area contributed by atoms with Crippen LogP contribution in [-0.4, -0.2) is 32.5 Å². The second kappa shape index (κ2) is 3.82. The zero-order chi connectivity index (χ0) is 6.53. The predicted molar refractivity (Wildman–Crippen MR) is 35.3 cm³/mol. The molecule has 1 aliphatic heterocycles. The maximum absolute atomic E-state index is 5.11. The smallest absolute Gasteiger partial charge is 0.112 e. The van der Waals surface area contributed by atoms with Gasteiger partial charge in [-0.2, -0.15) is 0 Å². The van der Waals surface area contributed by atoms with Crippen LogP contribution in [0.5, 0.6) is 0 Å². The van der Waals surface area contributed by atoms with Crippen molar-refractivity contribution in [3.63, 3.8) is 0 Å². The third kappa shape index (κ3) is 2.30. The molecule has 1 fully saturated rings. The summed E-state index contributed by atoms with van der Waals surface area (Å²) in [5.41, 5.74) is 0. The standard InChI is InChI=1S/C6H13N2O/c1-2-8-6-3-7-5-9-4-6/h6,8H,2-5H2,1H3. The number of likely N-dealkylation sites (N-methyl/N-ethyl adjacent to an activating group) is 1. The summed E-state index contributed by atoms with van der Waals surface area (Å²) in [7, 11) is 0. The SMILES string of the molecule is CCNC1C[N]COC1. The first-order valence-corrected chi connectivity index (χ1v) is 3.38. The lowest BCUT2D eigenvalue weighted by molar-refractivity contribution is 0.0583. The molecule has 9 heavy (non-hydrogen) atoms. The second-order valence-corrected chi connectivity index (χ2v) is 2.16. The van der Waals surface area contributed by atoms with Crippen LogP contribution in [0.25, 0.3) is 0 Å². The molecule has 1 rings (SSSR count). The van der Waals surface area contributed by atoms with E-state index in [1.54, 1.807) is 0 Å². The van der Waals surface area contributed by atoms with Crippen molar-refractivity contribution < 1.29 is 4.74 Å². The van der Waals surface area contributed by atoms with Crippen LogP contribution in [0.4, 0.5) is 0 Å². The maximum atomic E-state index is 5.11. The van der Waals surface area contributed by atoms with Crippen molar-refractivity contribution in [2.75, 3.05) is 26.4 Å². The van der Waals surface area contributed by atoms with Gasteiger partial charge < -0.3 is 10.1 Å². The normalized spacial score (nSPS) is 28.3. The molecule has 0 aromatic heterocycles. The molecular formula is C6H13N2O. The Bertz CT molecular complexity index is 68.7. The van der Waals surface area contributed by atoms with Gasteiger partial charge in [0.1, 0.15) is 6.73 Å². The van der Waals surface area contributed by atoms with E-state index in [0.717, 1.165) is 19.7 Å². The first-order chi connectivity index (χ1) is 4.43. The van der Waals surface area contributed by atoms with Crippen LogP contribution in [-0.2, 0) is 4.74 Å². The van der Waals surface area contributed by atoms with Crippen LogP contribution in [0.1, 0.15) is 6.92 Å². The summed E-state index contributed by atoms with van der Waals surface area (Å²) >= 11 is 0. The summed E-state index contributed by atoms with van der Waals surface area (Å²) in [6.45, 7) is 5.41. The topological polar surface area (TPSA) is 35.4 Å². The second-order valence-electron chi connectivity index (χ2n) is 2.16. The van der Waals surface area contributed by atoms with Crippen LogP contribution in [0.15, 0.2) is 0 Å². The quantitative estimate of drug-likeness (QED) is 0.548. The molecule has 53 valence electrons. The summed E-state index contributed by atoms with van der Waals surface area (Å²) in [6.07, 6.45) is 0.